The van der Waals surface area contributed by atoms with Gasteiger partial charge in [-0.15, -0.1) is 0 Å². The number of hydrogen-bond donors (Lipinski definition) is 1. The molecule has 0 saturated heterocycles. The van der Waals surface area contributed by atoms with Crippen LogP contribution in [0.4, 0.5) is 5.69 Å². The average molecular weight is 368 g/mol. The molecule has 1 saturated carbocycles. The molecule has 0 spiro atoms. The number of halogens is 1. The molecule has 5 nitrogen and oxygen atoms in total. The molecule has 0 atom stereocenters. The van der Waals surface area contributed by atoms with Crippen molar-refractivity contribution >= 4 is 49.6 Å². The lowest BCUT2D eigenvalue weighted by atomic mass is 10.2. The van der Waals surface area contributed by atoms with Crippen LogP contribution in [-0.4, -0.2) is 18.2 Å². The van der Waals surface area contributed by atoms with Crippen LogP contribution in [0.3, 0.4) is 0 Å². The minimum Gasteiger partial charge on any atom is -0.280 e. The second kappa shape index (κ2) is 5.51. The summed E-state index contributed by atoms with van der Waals surface area (Å²) in [6, 6.07) is 6.92. The van der Waals surface area contributed by atoms with Gasteiger partial charge in [-0.05, 0) is 48.4 Å². The van der Waals surface area contributed by atoms with Gasteiger partial charge in [-0.25, -0.2) is 8.42 Å². The molecule has 0 aliphatic heterocycles. The number of thiophene rings is 1. The van der Waals surface area contributed by atoms with Gasteiger partial charge in [0.25, 0.3) is 10.0 Å². The van der Waals surface area contributed by atoms with E-state index in [9.17, 15) is 8.42 Å². The number of rotatable bonds is 5. The van der Waals surface area contributed by atoms with Gasteiger partial charge in [-0.1, -0.05) is 11.6 Å². The molecule has 4 rings (SSSR count). The van der Waals surface area contributed by atoms with Crippen LogP contribution in [0.2, 0.25) is 5.15 Å². The monoisotopic (exact) mass is 367 g/mol. The van der Waals surface area contributed by atoms with Crippen LogP contribution in [-0.2, 0) is 16.6 Å². The standard InChI is InChI=1S/C15H14ClN3O2S2/c16-15-13-7-11(18-23(20,21)12-5-6-22-9-12)3-4-14(13)19(17-15)8-10-1-2-10/h3-7,9-10,18H,1-2,8H2. The van der Waals surface area contributed by atoms with Crippen LogP contribution in [0.25, 0.3) is 10.9 Å². The number of nitrogens with one attached hydrogen (secondary N) is 1. The smallest absolute Gasteiger partial charge is 0.262 e. The zero-order valence-corrected chi connectivity index (χ0v) is 14.5. The lowest BCUT2D eigenvalue weighted by Crippen LogP contribution is -2.11. The summed E-state index contributed by atoms with van der Waals surface area (Å²) in [7, 11) is -3.56. The van der Waals surface area contributed by atoms with E-state index in [-0.39, 0.29) is 4.90 Å². The van der Waals surface area contributed by atoms with Crippen LogP contribution < -0.4 is 4.72 Å². The van der Waals surface area contributed by atoms with E-state index in [4.69, 9.17) is 11.6 Å². The van der Waals surface area contributed by atoms with Gasteiger partial charge >= 0.3 is 0 Å². The zero-order valence-electron chi connectivity index (χ0n) is 12.1. The molecule has 0 bridgehead atoms. The summed E-state index contributed by atoms with van der Waals surface area (Å²) in [4.78, 5) is 0.262. The number of fused-ring (bicyclic) bond motifs is 1. The summed E-state index contributed by atoms with van der Waals surface area (Å²) in [6.07, 6.45) is 2.47. The van der Waals surface area contributed by atoms with Gasteiger partial charge in [-0.2, -0.15) is 16.4 Å². The Balaban J connectivity index is 1.68. The maximum atomic E-state index is 12.3. The van der Waals surface area contributed by atoms with Gasteiger partial charge in [0, 0.05) is 23.0 Å². The summed E-state index contributed by atoms with van der Waals surface area (Å²) in [6.45, 7) is 0.864. The Bertz CT molecular complexity index is 960. The third-order valence-electron chi connectivity index (χ3n) is 3.89. The molecule has 2 heterocycles. The highest BCUT2D eigenvalue weighted by Gasteiger charge is 2.24. The second-order valence-electron chi connectivity index (χ2n) is 5.71. The third-order valence-corrected chi connectivity index (χ3v) is 6.38. The van der Waals surface area contributed by atoms with Gasteiger partial charge in [-0.3, -0.25) is 9.40 Å². The number of nitrogens with zero attached hydrogens (tertiary/aromatic N) is 2. The Kier molecular flexibility index (Phi) is 3.59. The lowest BCUT2D eigenvalue weighted by molar-refractivity contribution is 0.581. The molecule has 0 amide bonds. The third kappa shape index (κ3) is 2.96. The van der Waals surface area contributed by atoms with Crippen molar-refractivity contribution in [2.24, 2.45) is 5.92 Å². The first-order chi connectivity index (χ1) is 11.0. The first-order valence-electron chi connectivity index (χ1n) is 7.24. The molecule has 1 aromatic carbocycles. The van der Waals surface area contributed by atoms with Crippen LogP contribution in [0, 0.1) is 5.92 Å². The SMILES string of the molecule is O=S(=O)(Nc1ccc2c(c1)c(Cl)nn2CC1CC1)c1ccsc1. The molecule has 3 aromatic rings. The number of anilines is 1. The van der Waals surface area contributed by atoms with Crippen molar-refractivity contribution in [2.75, 3.05) is 4.72 Å². The van der Waals surface area contributed by atoms with Gasteiger partial charge in [0.2, 0.25) is 0 Å². The fourth-order valence-corrected chi connectivity index (χ4v) is 4.83. The van der Waals surface area contributed by atoms with Crippen LogP contribution in [0.15, 0.2) is 39.9 Å². The van der Waals surface area contributed by atoms with Crippen molar-refractivity contribution in [1.29, 1.82) is 0 Å². The van der Waals surface area contributed by atoms with Gasteiger partial charge in [0.1, 0.15) is 0 Å². The highest BCUT2D eigenvalue weighted by Crippen LogP contribution is 2.33. The molecule has 0 radical (unpaired) electrons. The average Bonchev–Trinajstić information content (AvgIpc) is 3.04. The van der Waals surface area contributed by atoms with Gasteiger partial charge in [0.15, 0.2) is 5.15 Å². The number of benzene rings is 1. The molecule has 1 aliphatic rings. The molecular formula is C15H14ClN3O2S2. The van der Waals surface area contributed by atoms with E-state index in [0.717, 1.165) is 17.4 Å². The van der Waals surface area contributed by atoms with Gasteiger partial charge in [0.05, 0.1) is 10.4 Å². The maximum absolute atomic E-state index is 12.3. The molecular weight excluding hydrogens is 354 g/mol. The Morgan fingerprint density at radius 1 is 1.35 bits per heavy atom. The summed E-state index contributed by atoms with van der Waals surface area (Å²) >= 11 is 7.56. The minimum absolute atomic E-state index is 0.262. The lowest BCUT2D eigenvalue weighted by Gasteiger charge is -2.07. The number of aromatic nitrogens is 2. The Hall–Kier alpha value is -1.57. The van der Waals surface area contributed by atoms with E-state index in [2.05, 4.69) is 9.82 Å². The van der Waals surface area contributed by atoms with E-state index < -0.39 is 10.0 Å². The van der Waals surface area contributed by atoms with Crippen LogP contribution in [0.5, 0.6) is 0 Å². The van der Waals surface area contributed by atoms with E-state index >= 15 is 0 Å². The Labute approximate surface area is 142 Å². The second-order valence-corrected chi connectivity index (χ2v) is 8.53. The fourth-order valence-electron chi connectivity index (χ4n) is 2.51. The van der Waals surface area contributed by atoms with Gasteiger partial charge < -0.3 is 0 Å². The molecule has 2 aromatic heterocycles. The summed E-state index contributed by atoms with van der Waals surface area (Å²) in [5.74, 6) is 0.686. The summed E-state index contributed by atoms with van der Waals surface area (Å²) < 4.78 is 29.1. The topological polar surface area (TPSA) is 64.0 Å². The summed E-state index contributed by atoms with van der Waals surface area (Å²) in [5.41, 5.74) is 1.41. The van der Waals surface area contributed by atoms with Crippen LogP contribution >= 0.6 is 22.9 Å². The summed E-state index contributed by atoms with van der Waals surface area (Å²) in [5, 5.41) is 8.86. The normalized spacial score (nSPS) is 15.2. The molecule has 0 unspecified atom stereocenters. The predicted octanol–water partition coefficient (Wildman–Crippen LogP) is 3.96. The minimum atomic E-state index is -3.56. The first-order valence-corrected chi connectivity index (χ1v) is 10.0. The van der Waals surface area contributed by atoms with Crippen molar-refractivity contribution in [3.8, 4) is 0 Å². The Morgan fingerprint density at radius 3 is 2.87 bits per heavy atom. The molecule has 8 heteroatoms. The fraction of sp³-hybridized carbons (Fsp3) is 0.267. The van der Waals surface area contributed by atoms with E-state index in [1.165, 1.54) is 24.2 Å². The van der Waals surface area contributed by atoms with Crippen molar-refractivity contribution in [3.63, 3.8) is 0 Å². The van der Waals surface area contributed by atoms with Crippen molar-refractivity contribution < 1.29 is 8.42 Å². The number of sulfonamides is 1. The molecule has 1 aliphatic carbocycles. The van der Waals surface area contributed by atoms with Crippen molar-refractivity contribution in [1.82, 2.24) is 9.78 Å². The molecule has 1 N–H and O–H groups in total. The molecule has 23 heavy (non-hydrogen) atoms. The molecule has 1 fully saturated rings. The number of hydrogen-bond acceptors (Lipinski definition) is 4. The van der Waals surface area contributed by atoms with Crippen molar-refractivity contribution in [3.05, 3.63) is 40.2 Å². The molecule has 120 valence electrons. The van der Waals surface area contributed by atoms with E-state index in [1.807, 2.05) is 10.7 Å². The largest absolute Gasteiger partial charge is 0.280 e. The highest BCUT2D eigenvalue weighted by atomic mass is 35.5. The highest BCUT2D eigenvalue weighted by molar-refractivity contribution is 7.92. The van der Waals surface area contributed by atoms with Crippen molar-refractivity contribution in [2.45, 2.75) is 24.3 Å². The first kappa shape index (κ1) is 15.0. The zero-order chi connectivity index (χ0) is 16.0. The predicted molar refractivity (Wildman–Crippen MR) is 92.6 cm³/mol. The van der Waals surface area contributed by atoms with E-state index in [0.29, 0.717) is 16.8 Å². The van der Waals surface area contributed by atoms with Crippen LogP contribution in [0.1, 0.15) is 12.8 Å². The van der Waals surface area contributed by atoms with E-state index in [1.54, 1.807) is 29.0 Å². The quantitative estimate of drug-likeness (QED) is 0.742. The Morgan fingerprint density at radius 2 is 2.17 bits per heavy atom. The maximum Gasteiger partial charge on any atom is 0.262 e.